The fourth-order valence-electron chi connectivity index (χ4n) is 2.88. The summed E-state index contributed by atoms with van der Waals surface area (Å²) in [7, 11) is 0. The fraction of sp³-hybridized carbons (Fsp3) is 0.400. The van der Waals surface area contributed by atoms with Crippen molar-refractivity contribution in [2.75, 3.05) is 19.6 Å². The van der Waals surface area contributed by atoms with Crippen LogP contribution in [0.3, 0.4) is 0 Å². The number of aromatic nitrogens is 2. The predicted octanol–water partition coefficient (Wildman–Crippen LogP) is 4.46. The Bertz CT molecular complexity index is 828. The van der Waals surface area contributed by atoms with Crippen molar-refractivity contribution in [3.05, 3.63) is 53.0 Å². The molecule has 2 heterocycles. The van der Waals surface area contributed by atoms with E-state index in [1.165, 1.54) is 10.4 Å². The molecule has 5 nitrogen and oxygen atoms in total. The van der Waals surface area contributed by atoms with Crippen molar-refractivity contribution in [2.24, 2.45) is 4.99 Å². The molecule has 0 aliphatic heterocycles. The summed E-state index contributed by atoms with van der Waals surface area (Å²) in [5.41, 5.74) is 2.25. The maximum Gasteiger partial charge on any atom is 0.191 e. The molecule has 0 aliphatic carbocycles. The summed E-state index contributed by atoms with van der Waals surface area (Å²) >= 11 is 1.80. The number of rotatable bonds is 8. The van der Waals surface area contributed by atoms with E-state index >= 15 is 0 Å². The molecule has 0 amide bonds. The van der Waals surface area contributed by atoms with E-state index < -0.39 is 0 Å². The number of benzene rings is 1. The second kappa shape index (κ2) is 11.3. The number of aryl methyl sites for hydroxylation is 1. The zero-order chi connectivity index (χ0) is 18.2. The Hall–Kier alpha value is -1.61. The van der Waals surface area contributed by atoms with Gasteiger partial charge in [0.1, 0.15) is 0 Å². The molecular weight excluding hydrogens is 469 g/mol. The van der Waals surface area contributed by atoms with Gasteiger partial charge in [-0.2, -0.15) is 0 Å². The van der Waals surface area contributed by atoms with Gasteiger partial charge in [0.05, 0.1) is 23.9 Å². The average molecular weight is 497 g/mol. The van der Waals surface area contributed by atoms with E-state index in [2.05, 4.69) is 69.7 Å². The van der Waals surface area contributed by atoms with Crippen LogP contribution in [0.4, 0.5) is 0 Å². The molecular formula is C20H28IN5S. The monoisotopic (exact) mass is 497 g/mol. The Morgan fingerprint density at radius 2 is 2.07 bits per heavy atom. The lowest BCUT2D eigenvalue weighted by Gasteiger charge is -2.13. The van der Waals surface area contributed by atoms with Crippen LogP contribution in [-0.4, -0.2) is 35.1 Å². The Morgan fingerprint density at radius 3 is 2.85 bits per heavy atom. The molecule has 2 N–H and O–H groups in total. The SMILES string of the molecule is CCNC(=NCC(C)c1cccs1)NCCCn1cnc2ccccc21.I. The van der Waals surface area contributed by atoms with Gasteiger partial charge in [-0.15, -0.1) is 35.3 Å². The van der Waals surface area contributed by atoms with Crippen LogP contribution < -0.4 is 10.6 Å². The molecule has 0 saturated heterocycles. The third-order valence-electron chi connectivity index (χ3n) is 4.29. The second-order valence-electron chi connectivity index (χ2n) is 6.34. The molecule has 0 radical (unpaired) electrons. The molecule has 0 saturated carbocycles. The Labute approximate surface area is 182 Å². The van der Waals surface area contributed by atoms with Crippen molar-refractivity contribution < 1.29 is 0 Å². The van der Waals surface area contributed by atoms with Gasteiger partial charge in [0.15, 0.2) is 5.96 Å². The van der Waals surface area contributed by atoms with Gasteiger partial charge >= 0.3 is 0 Å². The van der Waals surface area contributed by atoms with Gasteiger partial charge in [-0.05, 0) is 36.9 Å². The molecule has 0 spiro atoms. The number of halogens is 1. The van der Waals surface area contributed by atoms with E-state index in [0.29, 0.717) is 5.92 Å². The molecule has 3 rings (SSSR count). The summed E-state index contributed by atoms with van der Waals surface area (Å²) in [4.78, 5) is 10.6. The summed E-state index contributed by atoms with van der Waals surface area (Å²) < 4.78 is 2.21. The highest BCUT2D eigenvalue weighted by Gasteiger charge is 2.06. The molecule has 0 fully saturated rings. The van der Waals surface area contributed by atoms with Gasteiger partial charge in [0, 0.05) is 30.4 Å². The van der Waals surface area contributed by atoms with Crippen molar-refractivity contribution in [1.29, 1.82) is 0 Å². The van der Waals surface area contributed by atoms with Gasteiger partial charge in [-0.25, -0.2) is 4.98 Å². The van der Waals surface area contributed by atoms with E-state index in [-0.39, 0.29) is 24.0 Å². The van der Waals surface area contributed by atoms with E-state index in [9.17, 15) is 0 Å². The van der Waals surface area contributed by atoms with Crippen molar-refractivity contribution in [1.82, 2.24) is 20.2 Å². The standard InChI is InChI=1S/C20H27N5S.HI/c1-3-21-20(23-14-16(2)19-10-6-13-26-19)22-11-7-12-25-15-24-17-8-4-5-9-18(17)25;/h4-6,8-10,13,15-16H,3,7,11-12,14H2,1-2H3,(H2,21,22,23);1H. The van der Waals surface area contributed by atoms with Crippen molar-refractivity contribution in [3.63, 3.8) is 0 Å². The zero-order valence-electron chi connectivity index (χ0n) is 15.9. The molecule has 2 aromatic heterocycles. The normalized spacial score (nSPS) is 12.6. The van der Waals surface area contributed by atoms with Gasteiger partial charge in [-0.1, -0.05) is 25.1 Å². The minimum absolute atomic E-state index is 0. The lowest BCUT2D eigenvalue weighted by molar-refractivity contribution is 0.636. The number of aliphatic imine (C=N–C) groups is 1. The average Bonchev–Trinajstić information content (AvgIpc) is 3.33. The van der Waals surface area contributed by atoms with Crippen LogP contribution in [0.1, 0.15) is 31.1 Å². The van der Waals surface area contributed by atoms with E-state index in [1.807, 2.05) is 12.4 Å². The number of thiophene rings is 1. The van der Waals surface area contributed by atoms with Crippen LogP contribution in [0.2, 0.25) is 0 Å². The number of fused-ring (bicyclic) bond motifs is 1. The molecule has 3 aromatic rings. The number of guanidine groups is 1. The highest BCUT2D eigenvalue weighted by Crippen LogP contribution is 2.20. The molecule has 7 heteroatoms. The topological polar surface area (TPSA) is 54.2 Å². The number of nitrogens with zero attached hydrogens (tertiary/aromatic N) is 3. The number of para-hydroxylation sites is 2. The summed E-state index contributed by atoms with van der Waals surface area (Å²) in [5, 5.41) is 8.89. The Kier molecular flexibility index (Phi) is 9.06. The van der Waals surface area contributed by atoms with Crippen LogP contribution in [0.25, 0.3) is 11.0 Å². The zero-order valence-corrected chi connectivity index (χ0v) is 19.0. The largest absolute Gasteiger partial charge is 0.357 e. The van der Waals surface area contributed by atoms with Gasteiger partial charge < -0.3 is 15.2 Å². The van der Waals surface area contributed by atoms with Crippen molar-refractivity contribution >= 4 is 52.3 Å². The predicted molar refractivity (Wildman–Crippen MR) is 126 cm³/mol. The van der Waals surface area contributed by atoms with Crippen molar-refractivity contribution in [2.45, 2.75) is 32.7 Å². The number of hydrogen-bond acceptors (Lipinski definition) is 3. The van der Waals surface area contributed by atoms with Gasteiger partial charge in [-0.3, -0.25) is 4.99 Å². The summed E-state index contributed by atoms with van der Waals surface area (Å²) in [6, 6.07) is 12.5. The second-order valence-corrected chi connectivity index (χ2v) is 7.32. The molecule has 146 valence electrons. The van der Waals surface area contributed by atoms with Gasteiger partial charge in [0.25, 0.3) is 0 Å². The molecule has 1 unspecified atom stereocenters. The third-order valence-corrected chi connectivity index (χ3v) is 5.40. The highest BCUT2D eigenvalue weighted by atomic mass is 127. The molecule has 0 aliphatic rings. The molecule has 0 bridgehead atoms. The molecule has 1 atom stereocenters. The first-order valence-corrected chi connectivity index (χ1v) is 10.1. The van der Waals surface area contributed by atoms with Crippen LogP contribution in [0.15, 0.2) is 53.1 Å². The van der Waals surface area contributed by atoms with Gasteiger partial charge in [0.2, 0.25) is 0 Å². The number of hydrogen-bond donors (Lipinski definition) is 2. The van der Waals surface area contributed by atoms with Crippen LogP contribution in [-0.2, 0) is 6.54 Å². The Balaban J connectivity index is 0.00000261. The smallest absolute Gasteiger partial charge is 0.191 e. The minimum Gasteiger partial charge on any atom is -0.357 e. The van der Waals surface area contributed by atoms with Crippen molar-refractivity contribution in [3.8, 4) is 0 Å². The molecule has 27 heavy (non-hydrogen) atoms. The highest BCUT2D eigenvalue weighted by molar-refractivity contribution is 14.0. The van der Waals surface area contributed by atoms with E-state index in [0.717, 1.165) is 44.1 Å². The van der Waals surface area contributed by atoms with Crippen LogP contribution in [0, 0.1) is 0 Å². The lowest BCUT2D eigenvalue weighted by Crippen LogP contribution is -2.38. The minimum atomic E-state index is 0. The molecule has 1 aromatic carbocycles. The van der Waals surface area contributed by atoms with E-state index in [4.69, 9.17) is 4.99 Å². The summed E-state index contributed by atoms with van der Waals surface area (Å²) in [6.45, 7) is 7.80. The van der Waals surface area contributed by atoms with Crippen LogP contribution >= 0.6 is 35.3 Å². The lowest BCUT2D eigenvalue weighted by atomic mass is 10.1. The van der Waals surface area contributed by atoms with E-state index in [1.54, 1.807) is 11.3 Å². The summed E-state index contributed by atoms with van der Waals surface area (Å²) in [6.07, 6.45) is 2.94. The number of nitrogens with one attached hydrogen (secondary N) is 2. The first kappa shape index (κ1) is 21.7. The fourth-order valence-corrected chi connectivity index (χ4v) is 3.65. The Morgan fingerprint density at radius 1 is 1.22 bits per heavy atom. The number of imidazole rings is 1. The van der Waals surface area contributed by atoms with Crippen LogP contribution in [0.5, 0.6) is 0 Å². The quantitative estimate of drug-likeness (QED) is 0.209. The third kappa shape index (κ3) is 6.21. The maximum atomic E-state index is 4.74. The summed E-state index contributed by atoms with van der Waals surface area (Å²) in [5.74, 6) is 1.34. The maximum absolute atomic E-state index is 4.74. The first-order valence-electron chi connectivity index (χ1n) is 9.23. The first-order chi connectivity index (χ1) is 12.8.